The number of carbonyl (C=O) groups excluding carboxylic acids is 1. The summed E-state index contributed by atoms with van der Waals surface area (Å²) in [6.07, 6.45) is 0. The van der Waals surface area contributed by atoms with Gasteiger partial charge in [-0.15, -0.1) is 0 Å². The Morgan fingerprint density at radius 2 is 2.07 bits per heavy atom. The van der Waals surface area contributed by atoms with E-state index in [0.717, 1.165) is 11.1 Å². The van der Waals surface area contributed by atoms with Gasteiger partial charge in [0.1, 0.15) is 6.04 Å². The SMILES string of the molecule is Cc1cccc(C(NC(C)C)C(N)=O)c1. The van der Waals surface area contributed by atoms with Gasteiger partial charge >= 0.3 is 0 Å². The summed E-state index contributed by atoms with van der Waals surface area (Å²) in [5.41, 5.74) is 7.42. The second kappa shape index (κ2) is 4.94. The Hall–Kier alpha value is -1.35. The third kappa shape index (κ3) is 3.36. The molecular weight excluding hydrogens is 188 g/mol. The van der Waals surface area contributed by atoms with E-state index in [-0.39, 0.29) is 11.9 Å². The zero-order valence-corrected chi connectivity index (χ0v) is 9.45. The smallest absolute Gasteiger partial charge is 0.239 e. The molecule has 15 heavy (non-hydrogen) atoms. The van der Waals surface area contributed by atoms with Crippen LogP contribution in [0.2, 0.25) is 0 Å². The van der Waals surface area contributed by atoms with Crippen molar-refractivity contribution < 1.29 is 4.79 Å². The number of nitrogens with two attached hydrogens (primary N) is 1. The molecule has 0 saturated heterocycles. The van der Waals surface area contributed by atoms with Gasteiger partial charge in [0.2, 0.25) is 5.91 Å². The number of nitrogens with one attached hydrogen (secondary N) is 1. The molecule has 0 saturated carbocycles. The first-order valence-electron chi connectivity index (χ1n) is 5.12. The van der Waals surface area contributed by atoms with Crippen molar-refractivity contribution in [2.75, 3.05) is 0 Å². The van der Waals surface area contributed by atoms with Crippen molar-refractivity contribution in [3.63, 3.8) is 0 Å². The Morgan fingerprint density at radius 1 is 1.40 bits per heavy atom. The molecule has 0 aromatic heterocycles. The molecule has 0 heterocycles. The summed E-state index contributed by atoms with van der Waals surface area (Å²) in [5.74, 6) is -0.339. The Labute approximate surface area is 90.7 Å². The van der Waals surface area contributed by atoms with Crippen LogP contribution in [0.4, 0.5) is 0 Å². The van der Waals surface area contributed by atoms with Gasteiger partial charge in [-0.3, -0.25) is 10.1 Å². The van der Waals surface area contributed by atoms with Gasteiger partial charge in [0, 0.05) is 6.04 Å². The summed E-state index contributed by atoms with van der Waals surface area (Å²) < 4.78 is 0. The molecule has 0 aliphatic rings. The fraction of sp³-hybridized carbons (Fsp3) is 0.417. The molecule has 0 aliphatic heterocycles. The quantitative estimate of drug-likeness (QED) is 0.784. The van der Waals surface area contributed by atoms with Crippen LogP contribution in [0.15, 0.2) is 24.3 Å². The number of rotatable bonds is 4. The Balaban J connectivity index is 2.94. The third-order valence-corrected chi connectivity index (χ3v) is 2.16. The van der Waals surface area contributed by atoms with E-state index in [9.17, 15) is 4.79 Å². The second-order valence-corrected chi connectivity index (χ2v) is 4.07. The Bertz CT molecular complexity index is 347. The molecule has 0 fully saturated rings. The van der Waals surface area contributed by atoms with E-state index in [2.05, 4.69) is 5.32 Å². The topological polar surface area (TPSA) is 55.1 Å². The lowest BCUT2D eigenvalue weighted by atomic mass is 10.0. The van der Waals surface area contributed by atoms with Crippen molar-refractivity contribution >= 4 is 5.91 Å². The summed E-state index contributed by atoms with van der Waals surface area (Å²) in [7, 11) is 0. The van der Waals surface area contributed by atoms with Crippen molar-refractivity contribution in [1.29, 1.82) is 0 Å². The van der Waals surface area contributed by atoms with Crippen LogP contribution < -0.4 is 11.1 Å². The molecule has 82 valence electrons. The van der Waals surface area contributed by atoms with Gasteiger partial charge in [0.25, 0.3) is 0 Å². The van der Waals surface area contributed by atoms with Crippen LogP contribution in [0.5, 0.6) is 0 Å². The summed E-state index contributed by atoms with van der Waals surface area (Å²) in [6, 6.07) is 7.65. The average Bonchev–Trinajstić information content (AvgIpc) is 2.13. The van der Waals surface area contributed by atoms with E-state index in [1.54, 1.807) is 0 Å². The standard InChI is InChI=1S/C12H18N2O/c1-8(2)14-11(12(13)15)10-6-4-5-9(3)7-10/h4-8,11,14H,1-3H3,(H2,13,15). The Kier molecular flexibility index (Phi) is 3.86. The van der Waals surface area contributed by atoms with Crippen LogP contribution in [-0.4, -0.2) is 11.9 Å². The molecule has 3 N–H and O–H groups in total. The molecule has 0 radical (unpaired) electrons. The number of amides is 1. The van der Waals surface area contributed by atoms with E-state index >= 15 is 0 Å². The molecule has 1 unspecified atom stereocenters. The molecule has 1 aromatic rings. The number of aryl methyl sites for hydroxylation is 1. The molecule has 3 heteroatoms. The van der Waals surface area contributed by atoms with E-state index < -0.39 is 6.04 Å². The largest absolute Gasteiger partial charge is 0.368 e. The predicted molar refractivity (Wildman–Crippen MR) is 61.4 cm³/mol. The first-order chi connectivity index (χ1) is 7.00. The van der Waals surface area contributed by atoms with Gasteiger partial charge in [0.15, 0.2) is 0 Å². The zero-order valence-electron chi connectivity index (χ0n) is 9.45. The normalized spacial score (nSPS) is 12.8. The molecular formula is C12H18N2O. The van der Waals surface area contributed by atoms with Gasteiger partial charge in [0.05, 0.1) is 0 Å². The highest BCUT2D eigenvalue weighted by molar-refractivity contribution is 5.81. The molecule has 1 aromatic carbocycles. The van der Waals surface area contributed by atoms with Crippen LogP contribution in [0, 0.1) is 6.92 Å². The van der Waals surface area contributed by atoms with Gasteiger partial charge < -0.3 is 5.73 Å². The molecule has 0 bridgehead atoms. The first-order valence-corrected chi connectivity index (χ1v) is 5.12. The molecule has 1 amide bonds. The lowest BCUT2D eigenvalue weighted by molar-refractivity contribution is -0.120. The minimum Gasteiger partial charge on any atom is -0.368 e. The maximum Gasteiger partial charge on any atom is 0.239 e. The van der Waals surface area contributed by atoms with Crippen molar-refractivity contribution in [3.05, 3.63) is 35.4 Å². The highest BCUT2D eigenvalue weighted by Gasteiger charge is 2.17. The molecule has 1 rings (SSSR count). The predicted octanol–water partition coefficient (Wildman–Crippen LogP) is 1.52. The second-order valence-electron chi connectivity index (χ2n) is 4.07. The molecule has 1 atom stereocenters. The lowest BCUT2D eigenvalue weighted by Crippen LogP contribution is -2.37. The van der Waals surface area contributed by atoms with Crippen molar-refractivity contribution in [1.82, 2.24) is 5.32 Å². The highest BCUT2D eigenvalue weighted by atomic mass is 16.1. The van der Waals surface area contributed by atoms with E-state index in [0.29, 0.717) is 0 Å². The number of primary amides is 1. The maximum absolute atomic E-state index is 11.3. The van der Waals surface area contributed by atoms with E-state index in [4.69, 9.17) is 5.73 Å². The summed E-state index contributed by atoms with van der Waals surface area (Å²) in [4.78, 5) is 11.3. The number of hydrogen-bond donors (Lipinski definition) is 2. The van der Waals surface area contributed by atoms with Crippen molar-refractivity contribution in [2.45, 2.75) is 32.9 Å². The van der Waals surface area contributed by atoms with E-state index in [1.165, 1.54) is 0 Å². The van der Waals surface area contributed by atoms with Crippen molar-refractivity contribution in [3.8, 4) is 0 Å². The monoisotopic (exact) mass is 206 g/mol. The van der Waals surface area contributed by atoms with Crippen LogP contribution in [0.1, 0.15) is 31.0 Å². The van der Waals surface area contributed by atoms with Gasteiger partial charge in [-0.25, -0.2) is 0 Å². The summed E-state index contributed by atoms with van der Waals surface area (Å²) >= 11 is 0. The lowest BCUT2D eigenvalue weighted by Gasteiger charge is -2.18. The number of benzene rings is 1. The zero-order chi connectivity index (χ0) is 11.4. The number of hydrogen-bond acceptors (Lipinski definition) is 2. The highest BCUT2D eigenvalue weighted by Crippen LogP contribution is 2.14. The Morgan fingerprint density at radius 3 is 2.53 bits per heavy atom. The third-order valence-electron chi connectivity index (χ3n) is 2.16. The fourth-order valence-corrected chi connectivity index (χ4v) is 1.53. The molecule has 0 aliphatic carbocycles. The van der Waals surface area contributed by atoms with E-state index in [1.807, 2.05) is 45.0 Å². The van der Waals surface area contributed by atoms with Gasteiger partial charge in [-0.1, -0.05) is 29.8 Å². The molecule has 0 spiro atoms. The molecule has 3 nitrogen and oxygen atoms in total. The first kappa shape index (κ1) is 11.7. The van der Waals surface area contributed by atoms with Crippen LogP contribution >= 0.6 is 0 Å². The number of carbonyl (C=O) groups is 1. The van der Waals surface area contributed by atoms with Crippen LogP contribution in [0.25, 0.3) is 0 Å². The minimum absolute atomic E-state index is 0.225. The van der Waals surface area contributed by atoms with Gasteiger partial charge in [-0.2, -0.15) is 0 Å². The van der Waals surface area contributed by atoms with Crippen LogP contribution in [0.3, 0.4) is 0 Å². The fourth-order valence-electron chi connectivity index (χ4n) is 1.53. The van der Waals surface area contributed by atoms with Crippen molar-refractivity contribution in [2.24, 2.45) is 5.73 Å². The van der Waals surface area contributed by atoms with Crippen LogP contribution in [-0.2, 0) is 4.79 Å². The van der Waals surface area contributed by atoms with Gasteiger partial charge in [-0.05, 0) is 26.3 Å². The summed E-state index contributed by atoms with van der Waals surface area (Å²) in [6.45, 7) is 5.98. The minimum atomic E-state index is -0.398. The average molecular weight is 206 g/mol. The summed E-state index contributed by atoms with van der Waals surface area (Å²) in [5, 5.41) is 3.15. The maximum atomic E-state index is 11.3.